The molecule has 0 unspecified atom stereocenters. The first-order chi connectivity index (χ1) is 18.2. The molecular formula is C28H35Cl2N7O2. The number of carbonyl (C=O) groups is 2. The van der Waals surface area contributed by atoms with Crippen LogP contribution in [0, 0.1) is 11.8 Å². The van der Waals surface area contributed by atoms with E-state index in [1.807, 2.05) is 29.2 Å². The average Bonchev–Trinajstić information content (AvgIpc) is 3.50. The van der Waals surface area contributed by atoms with Gasteiger partial charge in [0.2, 0.25) is 0 Å². The highest BCUT2D eigenvalue weighted by Gasteiger charge is 2.50. The Balaban J connectivity index is 0.00000353. The molecule has 9 nitrogen and oxygen atoms in total. The van der Waals surface area contributed by atoms with Crippen LogP contribution in [0.1, 0.15) is 68.4 Å². The number of nitrogens with one attached hydrogen (secondary N) is 2. The molecule has 39 heavy (non-hydrogen) atoms. The van der Waals surface area contributed by atoms with Crippen molar-refractivity contribution in [1.82, 2.24) is 30.4 Å². The Bertz CT molecular complexity index is 1290. The molecule has 5 rings (SSSR count). The minimum Gasteiger partial charge on any atom is -0.318 e. The summed E-state index contributed by atoms with van der Waals surface area (Å²) in [5.41, 5.74) is 2.18. The molecule has 3 amide bonds. The molecule has 0 radical (unpaired) electrons. The number of H-pyrrole nitrogens is 1. The fourth-order valence-electron chi connectivity index (χ4n) is 5.70. The summed E-state index contributed by atoms with van der Waals surface area (Å²) in [7, 11) is 0. The molecule has 3 aromatic rings. The number of anilines is 1. The van der Waals surface area contributed by atoms with Crippen LogP contribution in [0.3, 0.4) is 0 Å². The van der Waals surface area contributed by atoms with Crippen molar-refractivity contribution >= 4 is 41.1 Å². The quantitative estimate of drug-likeness (QED) is 0.340. The van der Waals surface area contributed by atoms with Crippen LogP contribution >= 0.6 is 23.2 Å². The van der Waals surface area contributed by atoms with Crippen LogP contribution in [0.15, 0.2) is 42.5 Å². The van der Waals surface area contributed by atoms with Crippen LogP contribution < -0.4 is 5.32 Å². The summed E-state index contributed by atoms with van der Waals surface area (Å²) in [6.45, 7) is 6.22. The lowest BCUT2D eigenvalue weighted by molar-refractivity contribution is 0.0832. The number of hydrogen-bond acceptors (Lipinski definition) is 5. The van der Waals surface area contributed by atoms with Crippen LogP contribution in [-0.4, -0.2) is 54.4 Å². The van der Waals surface area contributed by atoms with Gasteiger partial charge in [0.25, 0.3) is 11.9 Å². The zero-order chi connectivity index (χ0) is 26.9. The zero-order valence-corrected chi connectivity index (χ0v) is 23.0. The van der Waals surface area contributed by atoms with Crippen molar-refractivity contribution in [2.45, 2.75) is 65.6 Å². The molecule has 1 aliphatic heterocycles. The maximum atomic E-state index is 13.8. The van der Waals surface area contributed by atoms with E-state index in [1.54, 1.807) is 18.2 Å². The minimum absolute atomic E-state index is 0. The van der Waals surface area contributed by atoms with Gasteiger partial charge in [-0.05, 0) is 78.1 Å². The van der Waals surface area contributed by atoms with Crippen molar-refractivity contribution in [3.8, 4) is 0 Å². The van der Waals surface area contributed by atoms with Gasteiger partial charge in [-0.15, -0.1) is 5.10 Å². The molecule has 1 aromatic heterocycles. The van der Waals surface area contributed by atoms with Crippen LogP contribution in [0.25, 0.3) is 0 Å². The van der Waals surface area contributed by atoms with Crippen LogP contribution in [0.5, 0.6) is 0 Å². The Morgan fingerprint density at radius 3 is 2.38 bits per heavy atom. The Morgan fingerprint density at radius 2 is 1.77 bits per heavy atom. The number of nitrogens with zero attached hydrogens (tertiary/aromatic N) is 5. The van der Waals surface area contributed by atoms with E-state index >= 15 is 0 Å². The third kappa shape index (κ3) is 6.20. The van der Waals surface area contributed by atoms with Gasteiger partial charge in [-0.3, -0.25) is 10.1 Å². The topological polar surface area (TPSA) is 107 Å². The van der Waals surface area contributed by atoms with Gasteiger partial charge in [0.1, 0.15) is 0 Å². The summed E-state index contributed by atoms with van der Waals surface area (Å²) in [6.07, 6.45) is 4.17. The third-order valence-corrected chi connectivity index (χ3v) is 8.69. The first-order valence-corrected chi connectivity index (χ1v) is 13.6. The van der Waals surface area contributed by atoms with Crippen LogP contribution in [0.2, 0.25) is 10.0 Å². The SMILES string of the molecule is C.CC(C)C1CCC2(CC1)CN(Cc1ccc(Cl)c(Cl)c1)C(=O)N2Cc1ccc(C(=O)Nc2nn[nH]n2)cc1. The molecule has 2 N–H and O–H groups in total. The van der Waals surface area contributed by atoms with Gasteiger partial charge in [-0.2, -0.15) is 5.21 Å². The Morgan fingerprint density at radius 1 is 1.08 bits per heavy atom. The third-order valence-electron chi connectivity index (χ3n) is 7.95. The molecule has 1 saturated carbocycles. The lowest BCUT2D eigenvalue weighted by Crippen LogP contribution is -2.49. The van der Waals surface area contributed by atoms with Gasteiger partial charge >= 0.3 is 6.03 Å². The van der Waals surface area contributed by atoms with Crippen molar-refractivity contribution in [3.63, 3.8) is 0 Å². The van der Waals surface area contributed by atoms with Crippen molar-refractivity contribution in [1.29, 1.82) is 0 Å². The second-order valence-electron chi connectivity index (χ2n) is 10.7. The number of carbonyl (C=O) groups excluding carboxylic acids is 2. The first-order valence-electron chi connectivity index (χ1n) is 12.9. The maximum absolute atomic E-state index is 13.8. The van der Waals surface area contributed by atoms with Crippen LogP contribution in [-0.2, 0) is 13.1 Å². The van der Waals surface area contributed by atoms with Gasteiger partial charge in [0.15, 0.2) is 0 Å². The van der Waals surface area contributed by atoms with E-state index in [0.29, 0.717) is 47.1 Å². The number of rotatable bonds is 7. The summed E-state index contributed by atoms with van der Waals surface area (Å²) in [4.78, 5) is 30.3. The van der Waals surface area contributed by atoms with E-state index in [1.165, 1.54) is 0 Å². The maximum Gasteiger partial charge on any atom is 0.321 e. The van der Waals surface area contributed by atoms with E-state index in [0.717, 1.165) is 36.8 Å². The largest absolute Gasteiger partial charge is 0.321 e. The number of aromatic nitrogens is 4. The van der Waals surface area contributed by atoms with Gasteiger partial charge in [0.05, 0.1) is 15.6 Å². The number of aromatic amines is 1. The number of halogens is 2. The van der Waals surface area contributed by atoms with E-state index in [2.05, 4.69) is 44.7 Å². The van der Waals surface area contributed by atoms with Gasteiger partial charge in [-0.25, -0.2) is 4.79 Å². The van der Waals surface area contributed by atoms with Crippen molar-refractivity contribution < 1.29 is 9.59 Å². The predicted octanol–water partition coefficient (Wildman–Crippen LogP) is 6.42. The van der Waals surface area contributed by atoms with E-state index in [9.17, 15) is 9.59 Å². The number of amides is 3. The molecule has 2 fully saturated rings. The zero-order valence-electron chi connectivity index (χ0n) is 21.5. The summed E-state index contributed by atoms with van der Waals surface area (Å²) >= 11 is 12.4. The number of tetrazole rings is 1. The van der Waals surface area contributed by atoms with Crippen molar-refractivity contribution in [2.75, 3.05) is 11.9 Å². The molecule has 2 aromatic carbocycles. The monoisotopic (exact) mass is 571 g/mol. The van der Waals surface area contributed by atoms with Crippen molar-refractivity contribution in [2.24, 2.45) is 11.8 Å². The second kappa shape index (κ2) is 11.9. The summed E-state index contributed by atoms with van der Waals surface area (Å²) in [6, 6.07) is 12.9. The molecule has 0 atom stereocenters. The Hall–Kier alpha value is -3.17. The Kier molecular flexibility index (Phi) is 8.81. The van der Waals surface area contributed by atoms with E-state index in [4.69, 9.17) is 23.2 Å². The second-order valence-corrected chi connectivity index (χ2v) is 11.5. The minimum atomic E-state index is -0.327. The first kappa shape index (κ1) is 28.8. The molecule has 208 valence electrons. The fraction of sp³-hybridized carbons (Fsp3) is 0.464. The number of urea groups is 1. The van der Waals surface area contributed by atoms with Crippen molar-refractivity contribution in [3.05, 3.63) is 69.2 Å². The molecule has 1 spiro atoms. The smallest absolute Gasteiger partial charge is 0.318 e. The summed E-state index contributed by atoms with van der Waals surface area (Å²) in [5.74, 6) is 1.10. The normalized spacial score (nSPS) is 20.9. The lowest BCUT2D eigenvalue weighted by atomic mass is 9.72. The summed E-state index contributed by atoms with van der Waals surface area (Å²) in [5, 5.41) is 16.8. The van der Waals surface area contributed by atoms with Crippen LogP contribution in [0.4, 0.5) is 10.7 Å². The molecule has 1 saturated heterocycles. The van der Waals surface area contributed by atoms with Gasteiger partial charge in [-0.1, -0.05) is 67.8 Å². The highest BCUT2D eigenvalue weighted by Crippen LogP contribution is 2.44. The molecule has 2 heterocycles. The van der Waals surface area contributed by atoms with E-state index < -0.39 is 0 Å². The fourth-order valence-corrected chi connectivity index (χ4v) is 6.02. The van der Waals surface area contributed by atoms with E-state index in [-0.39, 0.29) is 30.9 Å². The summed E-state index contributed by atoms with van der Waals surface area (Å²) < 4.78 is 0. The highest BCUT2D eigenvalue weighted by atomic mass is 35.5. The predicted molar refractivity (Wildman–Crippen MR) is 153 cm³/mol. The Labute approximate surface area is 239 Å². The van der Waals surface area contributed by atoms with Gasteiger partial charge < -0.3 is 9.80 Å². The molecule has 1 aliphatic carbocycles. The lowest BCUT2D eigenvalue weighted by Gasteiger charge is -2.43. The molecule has 11 heteroatoms. The standard InChI is InChI=1S/C27H31Cl2N7O2.CH4/c1-17(2)20-9-11-27(12-10-20)16-35(14-19-5-8-22(28)23(29)13-19)26(38)36(27)15-18-3-6-21(7-4-18)24(37)30-25-31-33-34-32-25;/h3-8,13,17,20H,9-12,14-16H2,1-2H3,(H2,30,31,32,33,34,37);1H4. The molecule has 0 bridgehead atoms. The highest BCUT2D eigenvalue weighted by molar-refractivity contribution is 6.42. The molecule has 2 aliphatic rings. The average molecular weight is 573 g/mol. The number of hydrogen-bond donors (Lipinski definition) is 2. The number of benzene rings is 2. The molecular weight excluding hydrogens is 537 g/mol. The van der Waals surface area contributed by atoms with Gasteiger partial charge in [0, 0.05) is 25.2 Å².